The second-order valence-electron chi connectivity index (χ2n) is 21.6. The molecule has 6 nitrogen and oxygen atoms in total. The van der Waals surface area contributed by atoms with Crippen molar-refractivity contribution in [3.05, 3.63) is 122 Å². The third-order valence-electron chi connectivity index (χ3n) is 13.9. The molecular formula is C73H122O6. The van der Waals surface area contributed by atoms with Crippen LogP contribution in [0.2, 0.25) is 0 Å². The van der Waals surface area contributed by atoms with E-state index in [-0.39, 0.29) is 31.1 Å². The molecule has 0 aromatic carbocycles. The van der Waals surface area contributed by atoms with E-state index in [2.05, 4.69) is 142 Å². The number of allylic oxidation sites excluding steroid dienone is 20. The summed E-state index contributed by atoms with van der Waals surface area (Å²) in [5.41, 5.74) is 0. The molecule has 0 bridgehead atoms. The highest BCUT2D eigenvalue weighted by Gasteiger charge is 2.19. The number of carbonyl (C=O) groups is 3. The van der Waals surface area contributed by atoms with Gasteiger partial charge in [0.25, 0.3) is 0 Å². The van der Waals surface area contributed by atoms with Crippen molar-refractivity contribution in [3.8, 4) is 0 Å². The van der Waals surface area contributed by atoms with E-state index in [9.17, 15) is 14.4 Å². The zero-order valence-corrected chi connectivity index (χ0v) is 51.6. The van der Waals surface area contributed by atoms with Crippen LogP contribution in [0.5, 0.6) is 0 Å². The minimum atomic E-state index is -0.804. The van der Waals surface area contributed by atoms with Gasteiger partial charge in [-0.05, 0) is 135 Å². The summed E-state index contributed by atoms with van der Waals surface area (Å²) in [7, 11) is 0. The Hall–Kier alpha value is -4.19. The van der Waals surface area contributed by atoms with Crippen molar-refractivity contribution < 1.29 is 28.6 Å². The van der Waals surface area contributed by atoms with Crippen molar-refractivity contribution in [2.24, 2.45) is 0 Å². The number of ether oxygens (including phenoxy) is 3. The highest BCUT2D eigenvalue weighted by Crippen LogP contribution is 2.15. The number of carbonyl (C=O) groups excluding carboxylic acids is 3. The monoisotopic (exact) mass is 1090 g/mol. The maximum atomic E-state index is 12.9. The first-order valence-corrected chi connectivity index (χ1v) is 33.0. The van der Waals surface area contributed by atoms with Gasteiger partial charge in [0, 0.05) is 19.3 Å². The molecule has 0 saturated carbocycles. The predicted molar refractivity (Wildman–Crippen MR) is 343 cm³/mol. The molecule has 0 fully saturated rings. The Balaban J connectivity index is 4.45. The molecule has 0 aliphatic heterocycles. The van der Waals surface area contributed by atoms with Crippen LogP contribution in [0.25, 0.3) is 0 Å². The lowest BCUT2D eigenvalue weighted by Gasteiger charge is -2.18. The first-order chi connectivity index (χ1) is 39.0. The molecule has 79 heavy (non-hydrogen) atoms. The van der Waals surface area contributed by atoms with Gasteiger partial charge >= 0.3 is 17.9 Å². The Bertz CT molecular complexity index is 1640. The van der Waals surface area contributed by atoms with E-state index in [4.69, 9.17) is 14.2 Å². The van der Waals surface area contributed by atoms with Crippen LogP contribution in [-0.4, -0.2) is 37.2 Å². The Morgan fingerprint density at radius 3 is 0.823 bits per heavy atom. The highest BCUT2D eigenvalue weighted by atomic mass is 16.6. The lowest BCUT2D eigenvalue weighted by atomic mass is 10.1. The van der Waals surface area contributed by atoms with Crippen molar-refractivity contribution in [3.63, 3.8) is 0 Å². The molecule has 0 aliphatic rings. The van der Waals surface area contributed by atoms with E-state index in [1.165, 1.54) is 128 Å². The second-order valence-corrected chi connectivity index (χ2v) is 21.6. The third-order valence-corrected chi connectivity index (χ3v) is 13.9. The SMILES string of the molecule is CC/C=C\C/C=C\C/C=C\C/C=C\C/C=C\C/C=C\C/C=C\CCCCCC(=O)OCC(COC(=O)CCCCCCC/C=C\C/C=C\CCCCC)OC(=O)CCCCCCCCCCC/C=C\CCCCCCCCCC. The van der Waals surface area contributed by atoms with Crippen molar-refractivity contribution >= 4 is 17.9 Å². The molecule has 0 rings (SSSR count). The lowest BCUT2D eigenvalue weighted by Crippen LogP contribution is -2.30. The predicted octanol–water partition coefficient (Wildman–Crippen LogP) is 22.8. The quantitative estimate of drug-likeness (QED) is 0.0261. The van der Waals surface area contributed by atoms with E-state index in [1.807, 2.05) is 0 Å². The van der Waals surface area contributed by atoms with Crippen LogP contribution in [0, 0.1) is 0 Å². The number of hydrogen-bond donors (Lipinski definition) is 0. The minimum Gasteiger partial charge on any atom is -0.462 e. The van der Waals surface area contributed by atoms with Gasteiger partial charge in [-0.1, -0.05) is 271 Å². The number of esters is 3. The molecule has 6 heteroatoms. The van der Waals surface area contributed by atoms with Gasteiger partial charge in [0.1, 0.15) is 13.2 Å². The molecule has 0 saturated heterocycles. The lowest BCUT2D eigenvalue weighted by molar-refractivity contribution is -0.167. The summed E-state index contributed by atoms with van der Waals surface area (Å²) in [6, 6.07) is 0. The zero-order valence-electron chi connectivity index (χ0n) is 51.6. The summed E-state index contributed by atoms with van der Waals surface area (Å²) < 4.78 is 16.9. The van der Waals surface area contributed by atoms with Crippen molar-refractivity contribution in [2.75, 3.05) is 13.2 Å². The summed E-state index contributed by atoms with van der Waals surface area (Å²) >= 11 is 0. The first kappa shape index (κ1) is 74.8. The second kappa shape index (κ2) is 66.3. The Kier molecular flexibility index (Phi) is 62.8. The largest absolute Gasteiger partial charge is 0.462 e. The molecule has 0 aliphatic carbocycles. The molecule has 1 atom stereocenters. The van der Waals surface area contributed by atoms with Crippen molar-refractivity contribution in [1.29, 1.82) is 0 Å². The van der Waals surface area contributed by atoms with Crippen LogP contribution in [0.15, 0.2) is 122 Å². The Morgan fingerprint density at radius 1 is 0.266 bits per heavy atom. The maximum Gasteiger partial charge on any atom is 0.306 e. The molecule has 450 valence electrons. The molecule has 0 amide bonds. The fourth-order valence-electron chi connectivity index (χ4n) is 8.98. The topological polar surface area (TPSA) is 78.9 Å². The summed E-state index contributed by atoms with van der Waals surface area (Å²) in [5.74, 6) is -0.941. The van der Waals surface area contributed by atoms with Crippen LogP contribution in [0.4, 0.5) is 0 Å². The Morgan fingerprint density at radius 2 is 0.494 bits per heavy atom. The molecule has 0 spiro atoms. The molecule has 0 aromatic heterocycles. The smallest absolute Gasteiger partial charge is 0.306 e. The van der Waals surface area contributed by atoms with Crippen molar-refractivity contribution in [2.45, 2.75) is 309 Å². The third kappa shape index (κ3) is 64.5. The van der Waals surface area contributed by atoms with E-state index in [0.29, 0.717) is 19.3 Å². The molecule has 1 unspecified atom stereocenters. The van der Waals surface area contributed by atoms with Crippen LogP contribution in [0.1, 0.15) is 303 Å². The summed E-state index contributed by atoms with van der Waals surface area (Å²) in [6.07, 6.45) is 92.0. The van der Waals surface area contributed by atoms with Gasteiger partial charge in [-0.2, -0.15) is 0 Å². The van der Waals surface area contributed by atoms with E-state index in [0.717, 1.165) is 135 Å². The van der Waals surface area contributed by atoms with E-state index < -0.39 is 6.10 Å². The van der Waals surface area contributed by atoms with Crippen molar-refractivity contribution in [1.82, 2.24) is 0 Å². The molecule has 0 aromatic rings. The highest BCUT2D eigenvalue weighted by molar-refractivity contribution is 5.71. The average molecular weight is 1100 g/mol. The normalized spacial score (nSPS) is 12.9. The van der Waals surface area contributed by atoms with E-state index >= 15 is 0 Å². The van der Waals surface area contributed by atoms with Crippen LogP contribution < -0.4 is 0 Å². The van der Waals surface area contributed by atoms with Gasteiger partial charge in [0.2, 0.25) is 0 Å². The van der Waals surface area contributed by atoms with Gasteiger partial charge in [-0.25, -0.2) is 0 Å². The standard InChI is InChI=1S/C73H122O6/c1-4-7-10-13-16-19-22-25-28-30-32-34-35-36-37-39-40-42-45-48-51-54-57-60-63-66-72(75)78-69-70(68-77-71(74)65-62-59-56-53-50-47-44-27-24-21-18-15-12-9-6-3)79-73(76)67-64-61-58-55-52-49-46-43-41-38-33-31-29-26-23-20-17-14-11-8-5-2/h7,10,16,18-19,21,25,27-28,31-34,36-37,40,42,44,48,51,70H,4-6,8-9,11-15,17,20,22-24,26,29-30,35,38-39,41,43,45-47,49-50,52-69H2,1-3H3/b10-7-,19-16-,21-18-,28-25-,33-31-,34-32-,37-36-,42-40-,44-27-,51-48-. The molecule has 0 heterocycles. The number of unbranched alkanes of at least 4 members (excludes halogenated alkanes) is 28. The summed E-state index contributed by atoms with van der Waals surface area (Å²) in [4.78, 5) is 38.4. The fraction of sp³-hybridized carbons (Fsp3) is 0.685. The molecule has 0 radical (unpaired) electrons. The van der Waals surface area contributed by atoms with E-state index in [1.54, 1.807) is 0 Å². The van der Waals surface area contributed by atoms with Crippen LogP contribution in [-0.2, 0) is 28.6 Å². The fourth-order valence-corrected chi connectivity index (χ4v) is 8.98. The minimum absolute atomic E-state index is 0.0986. The first-order valence-electron chi connectivity index (χ1n) is 33.0. The average Bonchev–Trinajstić information content (AvgIpc) is 3.45. The van der Waals surface area contributed by atoms with Gasteiger partial charge in [-0.15, -0.1) is 0 Å². The summed E-state index contributed by atoms with van der Waals surface area (Å²) in [5, 5.41) is 0. The van der Waals surface area contributed by atoms with Gasteiger partial charge in [0.15, 0.2) is 6.10 Å². The van der Waals surface area contributed by atoms with Crippen LogP contribution in [0.3, 0.4) is 0 Å². The summed E-state index contributed by atoms with van der Waals surface area (Å²) in [6.45, 7) is 6.48. The Labute approximate surface area is 488 Å². The van der Waals surface area contributed by atoms with Gasteiger partial charge < -0.3 is 14.2 Å². The zero-order chi connectivity index (χ0) is 57.1. The molecular weight excluding hydrogens is 973 g/mol. The van der Waals surface area contributed by atoms with Crippen LogP contribution >= 0.6 is 0 Å². The number of rotatable bonds is 59. The van der Waals surface area contributed by atoms with Gasteiger partial charge in [-0.3, -0.25) is 14.4 Å². The van der Waals surface area contributed by atoms with Gasteiger partial charge in [0.05, 0.1) is 0 Å². The molecule has 0 N–H and O–H groups in total. The maximum absolute atomic E-state index is 12.9. The number of hydrogen-bond acceptors (Lipinski definition) is 6.